The van der Waals surface area contributed by atoms with Gasteiger partial charge in [-0.05, 0) is 44.9 Å². The van der Waals surface area contributed by atoms with Gasteiger partial charge in [0.25, 0.3) is 0 Å². The van der Waals surface area contributed by atoms with Crippen molar-refractivity contribution in [2.24, 2.45) is 0 Å². The molecule has 4 heteroatoms. The van der Waals surface area contributed by atoms with Gasteiger partial charge in [0, 0.05) is 17.8 Å². The molecule has 4 nitrogen and oxygen atoms in total. The summed E-state index contributed by atoms with van der Waals surface area (Å²) in [5.74, 6) is 1.10. The summed E-state index contributed by atoms with van der Waals surface area (Å²) in [6.45, 7) is 1.26. The second-order valence-electron chi connectivity index (χ2n) is 5.71. The largest absolute Gasteiger partial charge is 0.394 e. The number of hydrogen-bond acceptors (Lipinski definition) is 4. The number of aliphatic hydroxyl groups excluding tert-OH is 1. The first-order valence-electron chi connectivity index (χ1n) is 7.60. The third-order valence-corrected chi connectivity index (χ3v) is 4.46. The molecule has 1 atom stereocenters. The molecule has 0 radical (unpaired) electrons. The zero-order valence-corrected chi connectivity index (χ0v) is 11.5. The summed E-state index contributed by atoms with van der Waals surface area (Å²) in [5.41, 5.74) is 2.59. The van der Waals surface area contributed by atoms with E-state index in [2.05, 4.69) is 14.9 Å². The van der Waals surface area contributed by atoms with Gasteiger partial charge in [0.05, 0.1) is 12.6 Å². The quantitative estimate of drug-likeness (QED) is 0.828. The van der Waals surface area contributed by atoms with Crippen LogP contribution in [0, 0.1) is 0 Å². The summed E-state index contributed by atoms with van der Waals surface area (Å²) in [4.78, 5) is 11.4. The Balaban J connectivity index is 1.95. The van der Waals surface area contributed by atoms with E-state index >= 15 is 0 Å². The first-order valence-corrected chi connectivity index (χ1v) is 7.60. The van der Waals surface area contributed by atoms with Crippen molar-refractivity contribution in [1.29, 1.82) is 0 Å². The van der Waals surface area contributed by atoms with Gasteiger partial charge in [0.1, 0.15) is 12.1 Å². The number of aryl methyl sites for hydroxylation is 1. The van der Waals surface area contributed by atoms with E-state index in [0.717, 1.165) is 31.6 Å². The van der Waals surface area contributed by atoms with Gasteiger partial charge in [-0.1, -0.05) is 6.42 Å². The highest BCUT2D eigenvalue weighted by Crippen LogP contribution is 2.30. The summed E-state index contributed by atoms with van der Waals surface area (Å²) < 4.78 is 0. The molecule has 0 spiro atoms. The van der Waals surface area contributed by atoms with Crippen LogP contribution in [-0.4, -0.2) is 34.3 Å². The van der Waals surface area contributed by atoms with E-state index in [1.54, 1.807) is 6.33 Å². The van der Waals surface area contributed by atoms with Crippen molar-refractivity contribution in [3.63, 3.8) is 0 Å². The number of nitrogens with zero attached hydrogens (tertiary/aromatic N) is 3. The van der Waals surface area contributed by atoms with Crippen LogP contribution in [0.25, 0.3) is 0 Å². The van der Waals surface area contributed by atoms with Gasteiger partial charge < -0.3 is 10.0 Å². The standard InChI is InChI=1S/C15H23N3O/c19-10-12-6-4-5-9-18(12)15-13-7-2-1-3-8-14(13)16-11-17-15/h11-12,19H,1-10H2. The molecule has 0 saturated carbocycles. The minimum absolute atomic E-state index is 0.235. The van der Waals surface area contributed by atoms with Gasteiger partial charge in [-0.3, -0.25) is 0 Å². The van der Waals surface area contributed by atoms with Gasteiger partial charge in [-0.2, -0.15) is 0 Å². The Morgan fingerprint density at radius 3 is 2.89 bits per heavy atom. The SMILES string of the molecule is OCC1CCCCN1c1ncnc2c1CCCCC2. The monoisotopic (exact) mass is 261 g/mol. The van der Waals surface area contributed by atoms with E-state index in [1.807, 2.05) is 0 Å². The highest BCUT2D eigenvalue weighted by atomic mass is 16.3. The molecular weight excluding hydrogens is 238 g/mol. The Morgan fingerprint density at radius 2 is 2.00 bits per heavy atom. The molecule has 1 N–H and O–H groups in total. The average molecular weight is 261 g/mol. The zero-order valence-electron chi connectivity index (χ0n) is 11.5. The van der Waals surface area contributed by atoms with Crippen LogP contribution in [0.15, 0.2) is 6.33 Å². The fraction of sp³-hybridized carbons (Fsp3) is 0.733. The molecular formula is C15H23N3O. The normalized spacial score (nSPS) is 23.8. The molecule has 1 aromatic heterocycles. The lowest BCUT2D eigenvalue weighted by Crippen LogP contribution is -2.43. The van der Waals surface area contributed by atoms with E-state index in [0.29, 0.717) is 0 Å². The minimum atomic E-state index is 0.235. The predicted molar refractivity (Wildman–Crippen MR) is 75.4 cm³/mol. The molecule has 0 bridgehead atoms. The number of hydrogen-bond donors (Lipinski definition) is 1. The highest BCUT2D eigenvalue weighted by Gasteiger charge is 2.26. The Hall–Kier alpha value is -1.16. The van der Waals surface area contributed by atoms with Crippen LogP contribution in [-0.2, 0) is 12.8 Å². The van der Waals surface area contributed by atoms with Crippen molar-refractivity contribution >= 4 is 5.82 Å². The molecule has 0 aromatic carbocycles. The van der Waals surface area contributed by atoms with Crippen LogP contribution in [0.3, 0.4) is 0 Å². The molecule has 1 saturated heterocycles. The summed E-state index contributed by atoms with van der Waals surface area (Å²) in [7, 11) is 0. The van der Waals surface area contributed by atoms with E-state index < -0.39 is 0 Å². The minimum Gasteiger partial charge on any atom is -0.394 e. The van der Waals surface area contributed by atoms with E-state index in [9.17, 15) is 5.11 Å². The molecule has 1 aliphatic carbocycles. The number of piperidine rings is 1. The van der Waals surface area contributed by atoms with Crippen LogP contribution in [0.2, 0.25) is 0 Å². The Morgan fingerprint density at radius 1 is 1.11 bits per heavy atom. The lowest BCUT2D eigenvalue weighted by molar-refractivity contribution is 0.239. The molecule has 3 rings (SSSR count). The van der Waals surface area contributed by atoms with Gasteiger partial charge in [-0.25, -0.2) is 9.97 Å². The molecule has 2 heterocycles. The van der Waals surface area contributed by atoms with Crippen molar-refractivity contribution < 1.29 is 5.11 Å². The van der Waals surface area contributed by atoms with Crippen molar-refractivity contribution in [2.45, 2.75) is 57.4 Å². The van der Waals surface area contributed by atoms with Crippen molar-refractivity contribution in [2.75, 3.05) is 18.1 Å². The smallest absolute Gasteiger partial charge is 0.135 e. The highest BCUT2D eigenvalue weighted by molar-refractivity contribution is 5.50. The first kappa shape index (κ1) is 12.9. The number of aromatic nitrogens is 2. The molecule has 19 heavy (non-hydrogen) atoms. The summed E-state index contributed by atoms with van der Waals surface area (Å²) in [5, 5.41) is 9.60. The second-order valence-corrected chi connectivity index (χ2v) is 5.71. The third-order valence-electron chi connectivity index (χ3n) is 4.46. The maximum atomic E-state index is 9.60. The summed E-state index contributed by atoms with van der Waals surface area (Å²) in [6.07, 6.45) is 11.2. The van der Waals surface area contributed by atoms with Gasteiger partial charge in [0.2, 0.25) is 0 Å². The summed E-state index contributed by atoms with van der Waals surface area (Å²) in [6, 6.07) is 0.246. The second kappa shape index (κ2) is 5.87. The van der Waals surface area contributed by atoms with E-state index in [1.165, 1.54) is 43.4 Å². The van der Waals surface area contributed by atoms with E-state index in [-0.39, 0.29) is 12.6 Å². The zero-order chi connectivity index (χ0) is 13.1. The number of rotatable bonds is 2. The maximum Gasteiger partial charge on any atom is 0.135 e. The fourth-order valence-electron chi connectivity index (χ4n) is 3.40. The first-order chi connectivity index (χ1) is 9.40. The third kappa shape index (κ3) is 2.59. The van der Waals surface area contributed by atoms with Gasteiger partial charge >= 0.3 is 0 Å². The van der Waals surface area contributed by atoms with Crippen LogP contribution < -0.4 is 4.90 Å². The molecule has 2 aliphatic rings. The lowest BCUT2D eigenvalue weighted by Gasteiger charge is -2.36. The number of fused-ring (bicyclic) bond motifs is 1. The van der Waals surface area contributed by atoms with Gasteiger partial charge in [0.15, 0.2) is 0 Å². The maximum absolute atomic E-state index is 9.60. The average Bonchev–Trinajstić information content (AvgIpc) is 2.72. The fourth-order valence-corrected chi connectivity index (χ4v) is 3.40. The topological polar surface area (TPSA) is 49.2 Å². The van der Waals surface area contributed by atoms with Crippen molar-refractivity contribution in [1.82, 2.24) is 9.97 Å². The van der Waals surface area contributed by atoms with Crippen molar-refractivity contribution in [3.8, 4) is 0 Å². The van der Waals surface area contributed by atoms with Crippen LogP contribution in [0.1, 0.15) is 49.8 Å². The molecule has 1 aliphatic heterocycles. The Bertz CT molecular complexity index is 435. The summed E-state index contributed by atoms with van der Waals surface area (Å²) >= 11 is 0. The van der Waals surface area contributed by atoms with E-state index in [4.69, 9.17) is 0 Å². The molecule has 1 aromatic rings. The Kier molecular flexibility index (Phi) is 3.97. The van der Waals surface area contributed by atoms with Crippen LogP contribution in [0.4, 0.5) is 5.82 Å². The number of anilines is 1. The van der Waals surface area contributed by atoms with Crippen LogP contribution >= 0.6 is 0 Å². The molecule has 104 valence electrons. The molecule has 0 amide bonds. The predicted octanol–water partition coefficient (Wildman–Crippen LogP) is 2.10. The van der Waals surface area contributed by atoms with Crippen molar-refractivity contribution in [3.05, 3.63) is 17.6 Å². The molecule has 1 fully saturated rings. The lowest BCUT2D eigenvalue weighted by atomic mass is 10.0. The Labute approximate surface area is 114 Å². The van der Waals surface area contributed by atoms with Gasteiger partial charge in [-0.15, -0.1) is 0 Å². The van der Waals surface area contributed by atoms with Crippen LogP contribution in [0.5, 0.6) is 0 Å². The molecule has 1 unspecified atom stereocenters. The number of aliphatic hydroxyl groups is 1.